The molecular weight excluding hydrogens is 400 g/mol. The fourth-order valence-electron chi connectivity index (χ4n) is 2.52. The van der Waals surface area contributed by atoms with E-state index in [9.17, 15) is 19.2 Å². The normalized spacial score (nSPS) is 10.2. The number of ketones is 1. The van der Waals surface area contributed by atoms with Crippen LogP contribution in [0, 0.1) is 6.92 Å². The molecule has 2 aromatic carbocycles. The van der Waals surface area contributed by atoms with Gasteiger partial charge in [-0.15, -0.1) is 0 Å². The number of amides is 2. The second kappa shape index (κ2) is 11.5. The number of carbonyl (C=O) groups is 4. The van der Waals surface area contributed by atoms with Crippen LogP contribution in [0.2, 0.25) is 0 Å². The highest BCUT2D eigenvalue weighted by molar-refractivity contribution is 5.96. The van der Waals surface area contributed by atoms with Crippen molar-refractivity contribution < 1.29 is 28.7 Å². The Morgan fingerprint density at radius 1 is 0.935 bits per heavy atom. The van der Waals surface area contributed by atoms with Crippen molar-refractivity contribution in [3.8, 4) is 5.75 Å². The number of likely N-dealkylation sites (N-methyl/N-ethyl adjacent to an activating group) is 1. The summed E-state index contributed by atoms with van der Waals surface area (Å²) < 4.78 is 10.2. The molecule has 0 aliphatic carbocycles. The number of nitrogens with zero attached hydrogens (tertiary/aromatic N) is 1. The average Bonchev–Trinajstić information content (AvgIpc) is 2.77. The van der Waals surface area contributed by atoms with E-state index >= 15 is 0 Å². The predicted molar refractivity (Wildman–Crippen MR) is 115 cm³/mol. The molecule has 0 aromatic heterocycles. The second-order valence-corrected chi connectivity index (χ2v) is 6.91. The zero-order valence-corrected chi connectivity index (χ0v) is 17.8. The van der Waals surface area contributed by atoms with E-state index in [1.54, 1.807) is 43.3 Å². The summed E-state index contributed by atoms with van der Waals surface area (Å²) in [6, 6.07) is 13.7. The Hall–Kier alpha value is -3.68. The maximum Gasteiger partial charge on any atom is 0.344 e. The number of rotatable bonds is 10. The van der Waals surface area contributed by atoms with Crippen molar-refractivity contribution >= 4 is 29.3 Å². The van der Waals surface area contributed by atoms with Crippen molar-refractivity contribution in [1.82, 2.24) is 4.90 Å². The lowest BCUT2D eigenvalue weighted by atomic mass is 10.1. The monoisotopic (exact) mass is 426 g/mol. The van der Waals surface area contributed by atoms with Crippen LogP contribution in [0.1, 0.15) is 29.3 Å². The van der Waals surface area contributed by atoms with Crippen molar-refractivity contribution in [3.63, 3.8) is 0 Å². The van der Waals surface area contributed by atoms with E-state index in [4.69, 9.17) is 9.47 Å². The second-order valence-electron chi connectivity index (χ2n) is 6.91. The molecule has 8 nitrogen and oxygen atoms in total. The molecule has 0 bridgehead atoms. The number of aryl methyl sites for hydroxylation is 1. The Labute approximate surface area is 181 Å². The van der Waals surface area contributed by atoms with Gasteiger partial charge in [0.1, 0.15) is 5.75 Å². The van der Waals surface area contributed by atoms with Gasteiger partial charge in [-0.1, -0.05) is 24.6 Å². The molecule has 0 aliphatic rings. The largest absolute Gasteiger partial charge is 0.482 e. The van der Waals surface area contributed by atoms with E-state index in [1.165, 1.54) is 11.9 Å². The van der Waals surface area contributed by atoms with Crippen molar-refractivity contribution in [2.75, 3.05) is 32.1 Å². The lowest BCUT2D eigenvalue weighted by molar-refractivity contribution is -0.153. The lowest BCUT2D eigenvalue weighted by Crippen LogP contribution is -2.37. The minimum Gasteiger partial charge on any atom is -0.482 e. The number of benzene rings is 2. The van der Waals surface area contributed by atoms with Gasteiger partial charge in [0.25, 0.3) is 5.91 Å². The molecule has 164 valence electrons. The number of hydrogen-bond donors (Lipinski definition) is 1. The minimum absolute atomic E-state index is 0.0149. The first-order valence-electron chi connectivity index (χ1n) is 9.80. The van der Waals surface area contributed by atoms with Gasteiger partial charge in [-0.05, 0) is 43.3 Å². The molecule has 0 saturated carbocycles. The third kappa shape index (κ3) is 7.93. The van der Waals surface area contributed by atoms with E-state index in [-0.39, 0.29) is 24.8 Å². The molecule has 0 saturated heterocycles. The summed E-state index contributed by atoms with van der Waals surface area (Å²) in [5.41, 5.74) is 2.27. The minimum atomic E-state index is -0.723. The summed E-state index contributed by atoms with van der Waals surface area (Å²) in [6.07, 6.45) is 0.405. The standard InChI is InChI=1S/C23H26N2O6/c1-4-20(26)17-7-11-19(12-8-17)30-15-23(29)31-14-22(28)25(3)13-21(27)24-18-9-5-16(2)6-10-18/h5-12H,4,13-15H2,1-3H3,(H,24,27). The molecule has 0 spiro atoms. The third-order valence-electron chi connectivity index (χ3n) is 4.35. The maximum absolute atomic E-state index is 12.1. The average molecular weight is 426 g/mol. The van der Waals surface area contributed by atoms with Crippen LogP contribution in [-0.2, 0) is 19.1 Å². The fraction of sp³-hybridized carbons (Fsp3) is 0.304. The number of carbonyl (C=O) groups excluding carboxylic acids is 4. The fourth-order valence-corrected chi connectivity index (χ4v) is 2.52. The Morgan fingerprint density at radius 2 is 1.58 bits per heavy atom. The maximum atomic E-state index is 12.1. The van der Waals surface area contributed by atoms with Gasteiger partial charge < -0.3 is 19.7 Å². The highest BCUT2D eigenvalue weighted by atomic mass is 16.6. The molecule has 0 aliphatic heterocycles. The van der Waals surface area contributed by atoms with Crippen molar-refractivity contribution in [3.05, 3.63) is 59.7 Å². The zero-order valence-electron chi connectivity index (χ0n) is 17.8. The Morgan fingerprint density at radius 3 is 2.19 bits per heavy atom. The summed E-state index contributed by atoms with van der Waals surface area (Å²) >= 11 is 0. The molecule has 1 N–H and O–H groups in total. The highest BCUT2D eigenvalue weighted by Gasteiger charge is 2.16. The summed E-state index contributed by atoms with van der Waals surface area (Å²) in [5, 5.41) is 2.69. The van der Waals surface area contributed by atoms with Crippen molar-refractivity contribution in [1.29, 1.82) is 0 Å². The smallest absolute Gasteiger partial charge is 0.344 e. The molecule has 31 heavy (non-hydrogen) atoms. The number of nitrogens with one attached hydrogen (secondary N) is 1. The van der Waals surface area contributed by atoms with Crippen LogP contribution in [0.15, 0.2) is 48.5 Å². The molecule has 0 atom stereocenters. The number of hydrogen-bond acceptors (Lipinski definition) is 6. The Kier molecular flexibility index (Phi) is 8.75. The summed E-state index contributed by atoms with van der Waals surface area (Å²) in [6.45, 7) is 2.66. The predicted octanol–water partition coefficient (Wildman–Crippen LogP) is 2.61. The van der Waals surface area contributed by atoms with Crippen LogP contribution in [0.4, 0.5) is 5.69 Å². The number of esters is 1. The number of Topliss-reactive ketones (excluding diaryl/α,β-unsaturated/α-hetero) is 1. The first-order valence-corrected chi connectivity index (χ1v) is 9.80. The van der Waals surface area contributed by atoms with Crippen LogP contribution >= 0.6 is 0 Å². The first kappa shape index (κ1) is 23.6. The molecule has 8 heteroatoms. The van der Waals surface area contributed by atoms with Crippen LogP contribution in [-0.4, -0.2) is 55.3 Å². The Balaban J connectivity index is 1.70. The van der Waals surface area contributed by atoms with Gasteiger partial charge in [-0.25, -0.2) is 4.79 Å². The summed E-state index contributed by atoms with van der Waals surface area (Å²) in [4.78, 5) is 48.7. The van der Waals surface area contributed by atoms with Crippen LogP contribution in [0.3, 0.4) is 0 Å². The van der Waals surface area contributed by atoms with E-state index < -0.39 is 18.5 Å². The molecule has 0 heterocycles. The quantitative estimate of drug-likeness (QED) is 0.463. The Bertz CT molecular complexity index is 922. The molecule has 2 amide bonds. The van der Waals surface area contributed by atoms with Gasteiger partial charge in [0.2, 0.25) is 5.91 Å². The topological polar surface area (TPSA) is 102 Å². The molecule has 2 rings (SSSR count). The van der Waals surface area contributed by atoms with Crippen molar-refractivity contribution in [2.45, 2.75) is 20.3 Å². The van der Waals surface area contributed by atoms with E-state index in [2.05, 4.69) is 5.32 Å². The van der Waals surface area contributed by atoms with Gasteiger partial charge in [-0.3, -0.25) is 14.4 Å². The lowest BCUT2D eigenvalue weighted by Gasteiger charge is -2.17. The first-order chi connectivity index (χ1) is 14.8. The van der Waals surface area contributed by atoms with Gasteiger partial charge in [0.15, 0.2) is 19.0 Å². The molecule has 0 unspecified atom stereocenters. The van der Waals surface area contributed by atoms with Crippen LogP contribution < -0.4 is 10.1 Å². The molecule has 0 fully saturated rings. The molecular formula is C23H26N2O6. The van der Waals surface area contributed by atoms with Gasteiger partial charge in [0.05, 0.1) is 6.54 Å². The van der Waals surface area contributed by atoms with Crippen molar-refractivity contribution in [2.24, 2.45) is 0 Å². The van der Waals surface area contributed by atoms with Gasteiger partial charge in [-0.2, -0.15) is 0 Å². The highest BCUT2D eigenvalue weighted by Crippen LogP contribution is 2.13. The summed E-state index contributed by atoms with van der Waals surface area (Å²) in [5.74, 6) is -1.18. The van der Waals surface area contributed by atoms with Gasteiger partial charge >= 0.3 is 5.97 Å². The SMILES string of the molecule is CCC(=O)c1ccc(OCC(=O)OCC(=O)N(C)CC(=O)Nc2ccc(C)cc2)cc1. The van der Waals surface area contributed by atoms with E-state index in [0.717, 1.165) is 5.56 Å². The van der Waals surface area contributed by atoms with E-state index in [0.29, 0.717) is 23.4 Å². The van der Waals surface area contributed by atoms with E-state index in [1.807, 2.05) is 19.1 Å². The molecule has 0 radical (unpaired) electrons. The summed E-state index contributed by atoms with van der Waals surface area (Å²) in [7, 11) is 1.44. The number of anilines is 1. The molecule has 2 aromatic rings. The van der Waals surface area contributed by atoms with Crippen LogP contribution in [0.5, 0.6) is 5.75 Å². The number of ether oxygens (including phenoxy) is 2. The van der Waals surface area contributed by atoms with Gasteiger partial charge in [0, 0.05) is 24.7 Å². The third-order valence-corrected chi connectivity index (χ3v) is 4.35. The van der Waals surface area contributed by atoms with Crippen LogP contribution in [0.25, 0.3) is 0 Å². The zero-order chi connectivity index (χ0) is 22.8.